The highest BCUT2D eigenvalue weighted by Crippen LogP contribution is 2.25. The molecule has 17 heavy (non-hydrogen) atoms. The summed E-state index contributed by atoms with van der Waals surface area (Å²) in [4.78, 5) is 0. The van der Waals surface area contributed by atoms with Crippen LogP contribution in [0.15, 0.2) is 6.20 Å². The van der Waals surface area contributed by atoms with Crippen molar-refractivity contribution in [3.05, 3.63) is 11.8 Å². The van der Waals surface area contributed by atoms with E-state index in [2.05, 4.69) is 14.9 Å². The van der Waals surface area contributed by atoms with Crippen molar-refractivity contribution in [3.63, 3.8) is 0 Å². The number of anilines is 1. The van der Waals surface area contributed by atoms with Crippen molar-refractivity contribution in [1.29, 1.82) is 0 Å². The zero-order valence-corrected chi connectivity index (χ0v) is 10.9. The number of nitrogens with zero attached hydrogens (tertiary/aromatic N) is 1. The van der Waals surface area contributed by atoms with Crippen molar-refractivity contribution < 1.29 is 8.42 Å². The van der Waals surface area contributed by atoms with Crippen LogP contribution in [0.5, 0.6) is 0 Å². The number of aromatic nitrogens is 2. The molecule has 0 atom stereocenters. The highest BCUT2D eigenvalue weighted by Gasteiger charge is 2.27. The second-order valence-corrected chi connectivity index (χ2v) is 6.49. The predicted molar refractivity (Wildman–Crippen MR) is 67.4 cm³/mol. The van der Waals surface area contributed by atoms with E-state index in [-0.39, 0.29) is 5.25 Å². The van der Waals surface area contributed by atoms with Crippen LogP contribution >= 0.6 is 0 Å². The number of hydrogen-bond donors (Lipinski definition) is 2. The average molecular weight is 257 g/mol. The van der Waals surface area contributed by atoms with Gasteiger partial charge in [-0.15, -0.1) is 0 Å². The summed E-state index contributed by atoms with van der Waals surface area (Å²) in [7, 11) is -3.26. The lowest BCUT2D eigenvalue weighted by Crippen LogP contribution is -2.30. The van der Waals surface area contributed by atoms with E-state index in [0.717, 1.165) is 44.1 Å². The molecule has 0 aliphatic heterocycles. The Kier molecular flexibility index (Phi) is 3.71. The molecule has 0 aromatic carbocycles. The fourth-order valence-electron chi connectivity index (χ4n) is 2.27. The van der Waals surface area contributed by atoms with Gasteiger partial charge in [0.2, 0.25) is 10.0 Å². The van der Waals surface area contributed by atoms with E-state index in [0.29, 0.717) is 5.82 Å². The van der Waals surface area contributed by atoms with Gasteiger partial charge in [-0.3, -0.25) is 9.82 Å². The Morgan fingerprint density at radius 3 is 2.76 bits per heavy atom. The molecule has 1 saturated carbocycles. The molecule has 1 heterocycles. The Bertz CT molecular complexity index is 461. The minimum Gasteiger partial charge on any atom is -0.267 e. The summed E-state index contributed by atoms with van der Waals surface area (Å²) in [5.41, 5.74) is 0.907. The first-order chi connectivity index (χ1) is 8.13. The molecule has 1 fully saturated rings. The number of sulfonamides is 1. The average Bonchev–Trinajstić information content (AvgIpc) is 2.77. The first kappa shape index (κ1) is 12.4. The molecule has 1 aromatic rings. The topological polar surface area (TPSA) is 74.8 Å². The van der Waals surface area contributed by atoms with Gasteiger partial charge < -0.3 is 0 Å². The summed E-state index contributed by atoms with van der Waals surface area (Å²) < 4.78 is 27.0. The van der Waals surface area contributed by atoms with Gasteiger partial charge in [0.1, 0.15) is 5.82 Å². The molecule has 0 bridgehead atoms. The van der Waals surface area contributed by atoms with Crippen molar-refractivity contribution in [2.45, 2.75) is 50.7 Å². The van der Waals surface area contributed by atoms with E-state index in [1.54, 1.807) is 6.20 Å². The lowest BCUT2D eigenvalue weighted by atomic mass is 10.0. The van der Waals surface area contributed by atoms with Gasteiger partial charge in [0.15, 0.2) is 0 Å². The number of aromatic amines is 1. The Balaban J connectivity index is 2.11. The highest BCUT2D eigenvalue weighted by molar-refractivity contribution is 7.93. The molecule has 0 unspecified atom stereocenters. The summed E-state index contributed by atoms with van der Waals surface area (Å²) >= 11 is 0. The zero-order valence-electron chi connectivity index (χ0n) is 10.1. The zero-order chi connectivity index (χ0) is 12.3. The maximum atomic E-state index is 12.2. The molecule has 2 rings (SSSR count). The van der Waals surface area contributed by atoms with E-state index < -0.39 is 10.0 Å². The molecule has 5 nitrogen and oxygen atoms in total. The Morgan fingerprint density at radius 2 is 2.12 bits per heavy atom. The number of rotatable bonds is 4. The van der Waals surface area contributed by atoms with Crippen LogP contribution in [0.1, 0.15) is 44.6 Å². The third-order valence-electron chi connectivity index (χ3n) is 3.33. The van der Waals surface area contributed by atoms with Crippen LogP contribution in [0.2, 0.25) is 0 Å². The molecule has 1 aliphatic carbocycles. The quantitative estimate of drug-likeness (QED) is 0.866. The van der Waals surface area contributed by atoms with Crippen LogP contribution in [0.3, 0.4) is 0 Å². The van der Waals surface area contributed by atoms with Crippen molar-refractivity contribution in [1.82, 2.24) is 10.2 Å². The largest absolute Gasteiger partial charge is 0.267 e. The summed E-state index contributed by atoms with van der Waals surface area (Å²) in [6, 6.07) is 0. The van der Waals surface area contributed by atoms with Crippen LogP contribution in [0.4, 0.5) is 5.82 Å². The van der Waals surface area contributed by atoms with Crippen molar-refractivity contribution >= 4 is 15.8 Å². The van der Waals surface area contributed by atoms with Gasteiger partial charge in [0.25, 0.3) is 0 Å². The molecular weight excluding hydrogens is 238 g/mol. The van der Waals surface area contributed by atoms with Crippen molar-refractivity contribution in [2.75, 3.05) is 4.72 Å². The van der Waals surface area contributed by atoms with Gasteiger partial charge in [-0.1, -0.05) is 26.2 Å². The summed E-state index contributed by atoms with van der Waals surface area (Å²) in [5.74, 6) is 0.526. The maximum absolute atomic E-state index is 12.2. The second-order valence-electron chi connectivity index (χ2n) is 4.53. The number of aryl methyl sites for hydroxylation is 1. The lowest BCUT2D eigenvalue weighted by Gasteiger charge is -2.22. The highest BCUT2D eigenvalue weighted by atomic mass is 32.2. The normalized spacial score (nSPS) is 18.2. The Labute approximate surface area is 102 Å². The van der Waals surface area contributed by atoms with Crippen molar-refractivity contribution in [3.8, 4) is 0 Å². The molecular formula is C11H19N3O2S. The molecule has 0 spiro atoms. The monoisotopic (exact) mass is 257 g/mol. The van der Waals surface area contributed by atoms with E-state index in [9.17, 15) is 8.42 Å². The van der Waals surface area contributed by atoms with E-state index in [1.165, 1.54) is 0 Å². The molecule has 1 aliphatic rings. The van der Waals surface area contributed by atoms with Crippen LogP contribution in [0, 0.1) is 0 Å². The van der Waals surface area contributed by atoms with Gasteiger partial charge in [-0.05, 0) is 19.3 Å². The van der Waals surface area contributed by atoms with Crippen LogP contribution in [0.25, 0.3) is 0 Å². The molecule has 0 radical (unpaired) electrons. The fraction of sp³-hybridized carbons (Fsp3) is 0.727. The van der Waals surface area contributed by atoms with Gasteiger partial charge in [0.05, 0.1) is 11.4 Å². The fourth-order valence-corrected chi connectivity index (χ4v) is 3.85. The smallest absolute Gasteiger partial charge is 0.236 e. The maximum Gasteiger partial charge on any atom is 0.236 e. The number of nitrogens with one attached hydrogen (secondary N) is 2. The third kappa shape index (κ3) is 2.80. The van der Waals surface area contributed by atoms with Gasteiger partial charge in [-0.2, -0.15) is 5.10 Å². The van der Waals surface area contributed by atoms with Gasteiger partial charge in [-0.25, -0.2) is 8.42 Å². The molecule has 1 aromatic heterocycles. The Hall–Kier alpha value is -1.04. The van der Waals surface area contributed by atoms with Crippen LogP contribution < -0.4 is 4.72 Å². The first-order valence-electron chi connectivity index (χ1n) is 6.17. The number of hydrogen-bond acceptors (Lipinski definition) is 3. The summed E-state index contributed by atoms with van der Waals surface area (Å²) in [6.45, 7) is 1.98. The van der Waals surface area contributed by atoms with Crippen LogP contribution in [-0.2, 0) is 16.4 Å². The minimum atomic E-state index is -3.26. The predicted octanol–water partition coefficient (Wildman–Crippen LogP) is 2.05. The molecule has 2 N–H and O–H groups in total. The molecule has 0 saturated heterocycles. The van der Waals surface area contributed by atoms with Gasteiger partial charge >= 0.3 is 0 Å². The minimum absolute atomic E-state index is 0.246. The third-order valence-corrected chi connectivity index (χ3v) is 5.17. The molecule has 96 valence electrons. The SMILES string of the molecule is CCc1cn[nH]c1NS(=O)(=O)C1CCCCC1. The van der Waals surface area contributed by atoms with E-state index in [1.807, 2.05) is 6.92 Å². The summed E-state index contributed by atoms with van der Waals surface area (Å²) in [6.07, 6.45) is 7.13. The van der Waals surface area contributed by atoms with Gasteiger partial charge in [0, 0.05) is 5.56 Å². The lowest BCUT2D eigenvalue weighted by molar-refractivity contribution is 0.486. The van der Waals surface area contributed by atoms with Crippen LogP contribution in [-0.4, -0.2) is 23.9 Å². The Morgan fingerprint density at radius 1 is 1.41 bits per heavy atom. The molecule has 0 amide bonds. The van der Waals surface area contributed by atoms with E-state index in [4.69, 9.17) is 0 Å². The summed E-state index contributed by atoms with van der Waals surface area (Å²) in [5, 5.41) is 6.34. The number of H-pyrrole nitrogens is 1. The standard InChI is InChI=1S/C11H19N3O2S/c1-2-9-8-12-13-11(9)14-17(15,16)10-6-4-3-5-7-10/h8,10H,2-7H2,1H3,(H2,12,13,14). The van der Waals surface area contributed by atoms with Crippen molar-refractivity contribution in [2.24, 2.45) is 0 Å². The molecule has 6 heteroatoms. The second kappa shape index (κ2) is 5.08. The van der Waals surface area contributed by atoms with E-state index >= 15 is 0 Å². The first-order valence-corrected chi connectivity index (χ1v) is 7.72.